The lowest BCUT2D eigenvalue weighted by Crippen LogP contribution is -2.08. The molecule has 2 aliphatic rings. The number of rotatable bonds is 2. The lowest BCUT2D eigenvalue weighted by molar-refractivity contribution is -0.129. The lowest BCUT2D eigenvalue weighted by Gasteiger charge is -2.03. The van der Waals surface area contributed by atoms with Gasteiger partial charge in [0.1, 0.15) is 5.82 Å². The molecule has 2 aliphatic heterocycles. The van der Waals surface area contributed by atoms with Crippen LogP contribution in [0.25, 0.3) is 6.08 Å². The monoisotopic (exact) mass is 345 g/mol. The summed E-state index contributed by atoms with van der Waals surface area (Å²) < 4.78 is 29.5. The van der Waals surface area contributed by atoms with E-state index in [0.717, 1.165) is 0 Å². The molecule has 0 bridgehead atoms. The first-order valence-electron chi connectivity index (χ1n) is 6.98. The van der Waals surface area contributed by atoms with Crippen LogP contribution >= 0.6 is 11.6 Å². The van der Waals surface area contributed by atoms with Crippen LogP contribution in [-0.2, 0) is 9.53 Å². The van der Waals surface area contributed by atoms with Crippen LogP contribution < -0.4 is 9.47 Å². The highest BCUT2D eigenvalue weighted by molar-refractivity contribution is 6.34. The Bertz CT molecular complexity index is 903. The SMILES string of the molecule is O=C1OC(c2c(F)cccc2Cl)=N/C1=C\c1ccc2c(c1)OCO2. The van der Waals surface area contributed by atoms with Crippen molar-refractivity contribution >= 4 is 29.5 Å². The van der Waals surface area contributed by atoms with E-state index in [2.05, 4.69) is 4.99 Å². The van der Waals surface area contributed by atoms with E-state index in [9.17, 15) is 9.18 Å². The Morgan fingerprint density at radius 3 is 2.83 bits per heavy atom. The number of hydrogen-bond acceptors (Lipinski definition) is 5. The quantitative estimate of drug-likeness (QED) is 0.617. The average Bonchev–Trinajstić information content (AvgIpc) is 3.14. The second-order valence-corrected chi connectivity index (χ2v) is 5.45. The fourth-order valence-corrected chi connectivity index (χ4v) is 2.62. The Labute approximate surface area is 140 Å². The summed E-state index contributed by atoms with van der Waals surface area (Å²) in [6, 6.07) is 9.37. The number of benzene rings is 2. The zero-order chi connectivity index (χ0) is 16.7. The van der Waals surface area contributed by atoms with Crippen LogP contribution in [0.5, 0.6) is 11.5 Å². The van der Waals surface area contributed by atoms with E-state index < -0.39 is 11.8 Å². The minimum absolute atomic E-state index is 0.0402. The zero-order valence-corrected chi connectivity index (χ0v) is 12.8. The molecule has 2 heterocycles. The number of esters is 1. The second kappa shape index (κ2) is 5.65. The highest BCUT2D eigenvalue weighted by Crippen LogP contribution is 2.33. The van der Waals surface area contributed by atoms with Crippen molar-refractivity contribution in [3.05, 3.63) is 64.1 Å². The summed E-state index contributed by atoms with van der Waals surface area (Å²) in [6.45, 7) is 0.158. The summed E-state index contributed by atoms with van der Waals surface area (Å²) in [6.07, 6.45) is 1.52. The summed E-state index contributed by atoms with van der Waals surface area (Å²) >= 11 is 5.97. The first-order chi connectivity index (χ1) is 11.6. The van der Waals surface area contributed by atoms with Crippen molar-refractivity contribution in [2.45, 2.75) is 0 Å². The van der Waals surface area contributed by atoms with Gasteiger partial charge in [0, 0.05) is 0 Å². The van der Waals surface area contributed by atoms with Gasteiger partial charge in [-0.2, -0.15) is 0 Å². The third kappa shape index (κ3) is 2.51. The summed E-state index contributed by atoms with van der Waals surface area (Å²) in [5.74, 6) is -0.235. The number of carbonyl (C=O) groups excluding carboxylic acids is 1. The normalized spacial score (nSPS) is 17.2. The highest BCUT2D eigenvalue weighted by Gasteiger charge is 2.28. The van der Waals surface area contributed by atoms with Gasteiger partial charge in [-0.05, 0) is 35.9 Å². The van der Waals surface area contributed by atoms with Crippen molar-refractivity contribution in [2.24, 2.45) is 4.99 Å². The van der Waals surface area contributed by atoms with Crippen LogP contribution in [0.1, 0.15) is 11.1 Å². The van der Waals surface area contributed by atoms with E-state index in [1.807, 2.05) is 0 Å². The van der Waals surface area contributed by atoms with Crippen LogP contribution in [0.15, 0.2) is 47.1 Å². The molecular weight excluding hydrogens is 337 g/mol. The number of carbonyl (C=O) groups is 1. The topological polar surface area (TPSA) is 57.1 Å². The molecule has 120 valence electrons. The molecule has 0 amide bonds. The Balaban J connectivity index is 1.71. The molecule has 0 aromatic heterocycles. The van der Waals surface area contributed by atoms with Gasteiger partial charge in [0.2, 0.25) is 12.7 Å². The molecule has 5 nitrogen and oxygen atoms in total. The maximum Gasteiger partial charge on any atom is 0.363 e. The summed E-state index contributed by atoms with van der Waals surface area (Å²) in [5, 5.41) is 0.117. The molecule has 24 heavy (non-hydrogen) atoms. The molecule has 2 aromatic rings. The van der Waals surface area contributed by atoms with E-state index in [0.29, 0.717) is 17.1 Å². The fourth-order valence-electron chi connectivity index (χ4n) is 2.38. The van der Waals surface area contributed by atoms with Crippen molar-refractivity contribution < 1.29 is 23.4 Å². The van der Waals surface area contributed by atoms with Gasteiger partial charge < -0.3 is 14.2 Å². The minimum atomic E-state index is -0.679. The predicted octanol–water partition coefficient (Wildman–Crippen LogP) is 3.55. The maximum atomic E-state index is 13.9. The molecule has 0 aliphatic carbocycles. The zero-order valence-electron chi connectivity index (χ0n) is 12.1. The molecule has 0 fully saturated rings. The number of nitrogens with zero attached hydrogens (tertiary/aromatic N) is 1. The van der Waals surface area contributed by atoms with Crippen molar-refractivity contribution in [3.8, 4) is 11.5 Å². The molecule has 4 rings (SSSR count). The molecule has 0 atom stereocenters. The van der Waals surface area contributed by atoms with E-state index in [4.69, 9.17) is 25.8 Å². The number of aliphatic imine (C=N–C) groups is 1. The molecule has 0 saturated carbocycles. The van der Waals surface area contributed by atoms with E-state index in [1.54, 1.807) is 18.2 Å². The number of fused-ring (bicyclic) bond motifs is 1. The molecule has 0 N–H and O–H groups in total. The maximum absolute atomic E-state index is 13.9. The largest absolute Gasteiger partial charge is 0.454 e. The number of ether oxygens (including phenoxy) is 3. The van der Waals surface area contributed by atoms with Crippen LogP contribution in [0.3, 0.4) is 0 Å². The second-order valence-electron chi connectivity index (χ2n) is 5.05. The van der Waals surface area contributed by atoms with Gasteiger partial charge >= 0.3 is 5.97 Å². The number of cyclic esters (lactones) is 1. The Morgan fingerprint density at radius 2 is 2.00 bits per heavy atom. The fraction of sp³-hybridized carbons (Fsp3) is 0.0588. The summed E-state index contributed by atoms with van der Waals surface area (Å²) in [4.78, 5) is 16.1. The van der Waals surface area contributed by atoms with E-state index >= 15 is 0 Å². The van der Waals surface area contributed by atoms with Gasteiger partial charge in [0.25, 0.3) is 0 Å². The van der Waals surface area contributed by atoms with E-state index in [1.165, 1.54) is 24.3 Å². The van der Waals surface area contributed by atoms with Crippen molar-refractivity contribution in [2.75, 3.05) is 6.79 Å². The van der Waals surface area contributed by atoms with Gasteiger partial charge in [-0.1, -0.05) is 23.7 Å². The summed E-state index contributed by atoms with van der Waals surface area (Å²) in [5.41, 5.74) is 0.681. The van der Waals surface area contributed by atoms with Crippen molar-refractivity contribution in [1.82, 2.24) is 0 Å². The summed E-state index contributed by atoms with van der Waals surface area (Å²) in [7, 11) is 0. The van der Waals surface area contributed by atoms with Crippen LogP contribution in [-0.4, -0.2) is 18.7 Å². The Hall–Kier alpha value is -2.86. The third-order valence-electron chi connectivity index (χ3n) is 3.50. The molecule has 0 spiro atoms. The number of halogens is 2. The lowest BCUT2D eigenvalue weighted by atomic mass is 10.1. The molecule has 7 heteroatoms. The smallest absolute Gasteiger partial charge is 0.363 e. The van der Waals surface area contributed by atoms with E-state index in [-0.39, 0.29) is 29.0 Å². The van der Waals surface area contributed by atoms with Crippen LogP contribution in [0.4, 0.5) is 4.39 Å². The van der Waals surface area contributed by atoms with Gasteiger partial charge in [-0.25, -0.2) is 14.2 Å². The van der Waals surface area contributed by atoms with Gasteiger partial charge in [0.15, 0.2) is 17.2 Å². The number of hydrogen-bond donors (Lipinski definition) is 0. The molecule has 0 saturated heterocycles. The van der Waals surface area contributed by atoms with Gasteiger partial charge in [0.05, 0.1) is 10.6 Å². The Morgan fingerprint density at radius 1 is 1.17 bits per heavy atom. The standard InChI is InChI=1S/C17H9ClFNO4/c18-10-2-1-3-11(19)15(10)16-20-12(17(21)24-16)6-9-4-5-13-14(7-9)23-8-22-13/h1-7H,8H2/b12-6-. The van der Waals surface area contributed by atoms with Crippen molar-refractivity contribution in [1.29, 1.82) is 0 Å². The Kier molecular flexibility index (Phi) is 3.46. The van der Waals surface area contributed by atoms with Crippen molar-refractivity contribution in [3.63, 3.8) is 0 Å². The molecule has 0 radical (unpaired) electrons. The van der Waals surface area contributed by atoms with Crippen LogP contribution in [0, 0.1) is 5.82 Å². The van der Waals surface area contributed by atoms with Crippen LogP contribution in [0.2, 0.25) is 5.02 Å². The minimum Gasteiger partial charge on any atom is -0.454 e. The first kappa shape index (κ1) is 14.7. The predicted molar refractivity (Wildman–Crippen MR) is 84.6 cm³/mol. The molecule has 0 unspecified atom stereocenters. The molecule has 2 aromatic carbocycles. The first-order valence-corrected chi connectivity index (χ1v) is 7.36. The van der Waals surface area contributed by atoms with Gasteiger partial charge in [-0.3, -0.25) is 0 Å². The molecular formula is C17H9ClFNO4. The average molecular weight is 346 g/mol. The van der Waals surface area contributed by atoms with Gasteiger partial charge in [-0.15, -0.1) is 0 Å². The highest BCUT2D eigenvalue weighted by atomic mass is 35.5. The third-order valence-corrected chi connectivity index (χ3v) is 3.81.